The lowest BCUT2D eigenvalue weighted by atomic mass is 10.3. The van der Waals surface area contributed by atoms with E-state index in [9.17, 15) is 4.79 Å². The maximum atomic E-state index is 11.5. The molecule has 5 nitrogen and oxygen atoms in total. The molecule has 0 saturated heterocycles. The number of hydrogen-bond donors (Lipinski definition) is 3. The van der Waals surface area contributed by atoms with Crippen molar-refractivity contribution in [2.75, 3.05) is 11.5 Å². The smallest absolute Gasteiger partial charge is 0.258 e. The van der Waals surface area contributed by atoms with Gasteiger partial charge in [-0.1, -0.05) is 0 Å². The summed E-state index contributed by atoms with van der Waals surface area (Å²) in [5.74, 6) is 0.0203. The van der Waals surface area contributed by atoms with E-state index in [1.54, 1.807) is 0 Å². The van der Waals surface area contributed by atoms with Gasteiger partial charge in [0.15, 0.2) is 5.82 Å². The van der Waals surface area contributed by atoms with Crippen LogP contribution in [0.1, 0.15) is 23.2 Å². The Morgan fingerprint density at radius 3 is 2.69 bits per heavy atom. The molecule has 0 atom stereocenters. The van der Waals surface area contributed by atoms with Gasteiger partial charge in [-0.05, 0) is 24.4 Å². The average molecular weight is 198 g/mol. The van der Waals surface area contributed by atoms with E-state index in [2.05, 4.69) is 9.69 Å². The van der Waals surface area contributed by atoms with E-state index in [1.807, 2.05) is 0 Å². The van der Waals surface area contributed by atoms with E-state index >= 15 is 0 Å². The summed E-state index contributed by atoms with van der Waals surface area (Å²) in [6.07, 6.45) is 2.09. The number of rotatable bonds is 2. The second kappa shape index (κ2) is 2.88. The van der Waals surface area contributed by atoms with E-state index in [-0.39, 0.29) is 11.7 Å². The molecule has 1 aromatic heterocycles. The first kappa shape index (κ1) is 8.31. The molecule has 0 unspecified atom stereocenters. The number of nitrogen functional groups attached to an aromatic ring is 2. The van der Waals surface area contributed by atoms with Gasteiger partial charge in [-0.15, -0.1) is 0 Å². The fourth-order valence-corrected chi connectivity index (χ4v) is 1.61. The summed E-state index contributed by atoms with van der Waals surface area (Å²) in [4.78, 5) is 11.5. The van der Waals surface area contributed by atoms with Gasteiger partial charge in [0.1, 0.15) is 10.6 Å². The van der Waals surface area contributed by atoms with Crippen LogP contribution in [0.5, 0.6) is 0 Å². The maximum Gasteiger partial charge on any atom is 0.258 e. The number of aromatic nitrogens is 1. The van der Waals surface area contributed by atoms with Crippen molar-refractivity contribution in [1.82, 2.24) is 9.69 Å². The number of carbonyl (C=O) groups is 1. The Balaban J connectivity index is 2.17. The Bertz CT molecular complexity index is 325. The summed E-state index contributed by atoms with van der Waals surface area (Å²) in [5.41, 5.74) is 11.4. The third-order valence-corrected chi connectivity index (χ3v) is 2.57. The Labute approximate surface area is 79.3 Å². The van der Waals surface area contributed by atoms with Crippen LogP contribution < -0.4 is 16.8 Å². The Morgan fingerprint density at radius 1 is 1.54 bits per heavy atom. The van der Waals surface area contributed by atoms with E-state index in [4.69, 9.17) is 11.5 Å². The molecular formula is C7H10N4OS. The first-order chi connectivity index (χ1) is 6.18. The first-order valence-corrected chi connectivity index (χ1v) is 4.77. The predicted molar refractivity (Wildman–Crippen MR) is 51.4 cm³/mol. The van der Waals surface area contributed by atoms with Crippen LogP contribution in [0.2, 0.25) is 0 Å². The third-order valence-electron chi connectivity index (χ3n) is 1.88. The van der Waals surface area contributed by atoms with Crippen molar-refractivity contribution in [3.05, 3.63) is 5.56 Å². The normalized spacial score (nSPS) is 15.7. The van der Waals surface area contributed by atoms with Gasteiger partial charge in [-0.3, -0.25) is 4.79 Å². The van der Waals surface area contributed by atoms with E-state index < -0.39 is 0 Å². The van der Waals surface area contributed by atoms with Gasteiger partial charge < -0.3 is 16.8 Å². The Hall–Kier alpha value is -1.30. The minimum absolute atomic E-state index is 0.203. The number of hydrogen-bond acceptors (Lipinski definition) is 5. The van der Waals surface area contributed by atoms with Gasteiger partial charge in [0, 0.05) is 6.04 Å². The van der Waals surface area contributed by atoms with Crippen LogP contribution in [0.3, 0.4) is 0 Å². The van der Waals surface area contributed by atoms with Crippen molar-refractivity contribution in [3.8, 4) is 0 Å². The van der Waals surface area contributed by atoms with Crippen molar-refractivity contribution >= 4 is 28.3 Å². The molecule has 0 bridgehead atoms. The lowest BCUT2D eigenvalue weighted by Gasteiger charge is -2.01. The summed E-state index contributed by atoms with van der Waals surface area (Å²) in [6, 6.07) is 0.311. The fraction of sp³-hybridized carbons (Fsp3) is 0.429. The van der Waals surface area contributed by atoms with Gasteiger partial charge in [0.05, 0.1) is 0 Å². The minimum Gasteiger partial charge on any atom is -0.389 e. The van der Waals surface area contributed by atoms with Crippen LogP contribution in [-0.4, -0.2) is 16.3 Å². The number of nitrogens with two attached hydrogens (primary N) is 2. The summed E-state index contributed by atoms with van der Waals surface area (Å²) >= 11 is 1.05. The number of amides is 1. The van der Waals surface area contributed by atoms with Gasteiger partial charge in [0.25, 0.3) is 5.91 Å². The first-order valence-electron chi connectivity index (χ1n) is 4.00. The van der Waals surface area contributed by atoms with E-state index in [0.29, 0.717) is 16.6 Å². The van der Waals surface area contributed by atoms with Crippen molar-refractivity contribution in [3.63, 3.8) is 0 Å². The largest absolute Gasteiger partial charge is 0.389 e. The zero-order valence-corrected chi connectivity index (χ0v) is 7.73. The standard InChI is InChI=1S/C7H10N4OS/c8-5-4(6(9)13-11-5)7(12)10-3-1-2-3/h3H,1-2,9H2,(H2,8,11)(H,10,12). The predicted octanol–water partition coefficient (Wildman–Crippen LogP) is 0.200. The van der Waals surface area contributed by atoms with Crippen molar-refractivity contribution < 1.29 is 4.79 Å². The number of nitrogens with one attached hydrogen (secondary N) is 1. The maximum absolute atomic E-state index is 11.5. The van der Waals surface area contributed by atoms with Crippen LogP contribution in [0.4, 0.5) is 10.8 Å². The second-order valence-electron chi connectivity index (χ2n) is 3.05. The van der Waals surface area contributed by atoms with Crippen LogP contribution in [0.15, 0.2) is 0 Å². The molecule has 1 amide bonds. The molecule has 1 aliphatic rings. The van der Waals surface area contributed by atoms with Gasteiger partial charge >= 0.3 is 0 Å². The number of nitrogens with zero attached hydrogens (tertiary/aromatic N) is 1. The summed E-state index contributed by atoms with van der Waals surface area (Å²) < 4.78 is 3.80. The SMILES string of the molecule is Nc1nsc(N)c1C(=O)NC1CC1. The summed E-state index contributed by atoms with van der Waals surface area (Å²) in [5, 5.41) is 3.19. The topological polar surface area (TPSA) is 94.0 Å². The number of carbonyl (C=O) groups excluding carboxylic acids is 1. The summed E-state index contributed by atoms with van der Waals surface area (Å²) in [6.45, 7) is 0. The lowest BCUT2D eigenvalue weighted by molar-refractivity contribution is 0.0953. The van der Waals surface area contributed by atoms with Gasteiger partial charge in [-0.2, -0.15) is 4.37 Å². The van der Waals surface area contributed by atoms with Crippen LogP contribution >= 0.6 is 11.5 Å². The highest BCUT2D eigenvalue weighted by Crippen LogP contribution is 2.25. The molecule has 70 valence electrons. The highest BCUT2D eigenvalue weighted by molar-refractivity contribution is 7.10. The molecule has 13 heavy (non-hydrogen) atoms. The fourth-order valence-electron chi connectivity index (χ4n) is 1.03. The zero-order chi connectivity index (χ0) is 9.42. The van der Waals surface area contributed by atoms with Crippen LogP contribution in [0, 0.1) is 0 Å². The van der Waals surface area contributed by atoms with Crippen LogP contribution in [-0.2, 0) is 0 Å². The highest BCUT2D eigenvalue weighted by atomic mass is 32.1. The quantitative estimate of drug-likeness (QED) is 0.632. The molecule has 0 radical (unpaired) electrons. The molecule has 1 fully saturated rings. The molecule has 1 aromatic rings. The number of anilines is 2. The Kier molecular flexibility index (Phi) is 1.84. The Morgan fingerprint density at radius 2 is 2.23 bits per heavy atom. The molecule has 5 N–H and O–H groups in total. The minimum atomic E-state index is -0.203. The molecular weight excluding hydrogens is 188 g/mol. The summed E-state index contributed by atoms with van der Waals surface area (Å²) in [7, 11) is 0. The molecule has 1 aliphatic carbocycles. The second-order valence-corrected chi connectivity index (χ2v) is 3.86. The molecule has 1 heterocycles. The van der Waals surface area contributed by atoms with Gasteiger partial charge in [-0.25, -0.2) is 0 Å². The van der Waals surface area contributed by atoms with E-state index in [0.717, 1.165) is 24.4 Å². The lowest BCUT2D eigenvalue weighted by Crippen LogP contribution is -2.26. The molecule has 0 aromatic carbocycles. The molecule has 2 rings (SSSR count). The third kappa shape index (κ3) is 1.57. The molecule has 1 saturated carbocycles. The monoisotopic (exact) mass is 198 g/mol. The van der Waals surface area contributed by atoms with Crippen LogP contribution in [0.25, 0.3) is 0 Å². The van der Waals surface area contributed by atoms with Crippen molar-refractivity contribution in [1.29, 1.82) is 0 Å². The molecule has 6 heteroatoms. The van der Waals surface area contributed by atoms with E-state index in [1.165, 1.54) is 0 Å². The van der Waals surface area contributed by atoms with Crippen molar-refractivity contribution in [2.24, 2.45) is 0 Å². The zero-order valence-electron chi connectivity index (χ0n) is 6.91. The average Bonchev–Trinajstić information content (AvgIpc) is 2.79. The highest BCUT2D eigenvalue weighted by Gasteiger charge is 2.26. The molecule has 0 aliphatic heterocycles. The van der Waals surface area contributed by atoms with Crippen molar-refractivity contribution in [2.45, 2.75) is 18.9 Å². The molecule has 0 spiro atoms. The van der Waals surface area contributed by atoms with Gasteiger partial charge in [0.2, 0.25) is 0 Å².